The molecule has 0 radical (unpaired) electrons. The minimum Gasteiger partial charge on any atom is -0.345 e. The van der Waals surface area contributed by atoms with Gasteiger partial charge in [-0.2, -0.15) is 10.5 Å². The van der Waals surface area contributed by atoms with Crippen LogP contribution in [0, 0.1) is 74.3 Å². The maximum absolute atomic E-state index is 11.1. The molecule has 11 nitrogen and oxygen atoms in total. The van der Waals surface area contributed by atoms with Crippen LogP contribution in [0.2, 0.25) is 0 Å². The summed E-state index contributed by atoms with van der Waals surface area (Å²) in [4.78, 5) is 23.7. The SMILES string of the molecule is Cc1ccc(N(c2ccc(C)cc2)c2ccc(N(C)c3ccc(C#N)cc3)cc2)cc1.Cc1ccc(N(c2ccc(C)cc2)c2ccc(N(C)c3cccc(C#N)c3)cc2)cc1.Cc1ccc(N(c2ccc(C)cc2)c2ccc(N(C)c3cccc([N+](=O)[O-])c3)cc2)cc1. The summed E-state index contributed by atoms with van der Waals surface area (Å²) in [7, 11) is 5.96. The molecule has 12 aromatic rings. The van der Waals surface area contributed by atoms with Crippen LogP contribution in [0.25, 0.3) is 0 Å². The van der Waals surface area contributed by atoms with E-state index in [1.54, 1.807) is 12.1 Å². The van der Waals surface area contributed by atoms with E-state index in [1.165, 1.54) is 39.4 Å². The molecule has 464 valence electrons. The van der Waals surface area contributed by atoms with Gasteiger partial charge in [-0.3, -0.25) is 10.1 Å². The number of hydrogen-bond acceptors (Lipinski definition) is 10. The molecule has 0 heterocycles. The highest BCUT2D eigenvalue weighted by Crippen LogP contribution is 2.40. The number of rotatable bonds is 16. The number of anilines is 15. The average Bonchev–Trinajstić information content (AvgIpc) is 0.856. The van der Waals surface area contributed by atoms with Gasteiger partial charge >= 0.3 is 0 Å². The van der Waals surface area contributed by atoms with Crippen LogP contribution in [-0.2, 0) is 0 Å². The van der Waals surface area contributed by atoms with Gasteiger partial charge in [-0.1, -0.05) is 118 Å². The van der Waals surface area contributed by atoms with Crippen molar-refractivity contribution in [2.45, 2.75) is 41.5 Å². The summed E-state index contributed by atoms with van der Waals surface area (Å²) in [5.41, 5.74) is 24.6. The molecule has 0 saturated carbocycles. The van der Waals surface area contributed by atoms with Crippen molar-refractivity contribution in [2.24, 2.45) is 0 Å². The van der Waals surface area contributed by atoms with Crippen LogP contribution < -0.4 is 29.4 Å². The summed E-state index contributed by atoms with van der Waals surface area (Å²) in [6.07, 6.45) is 0. The average molecular weight is 1230 g/mol. The number of nitro benzene ring substituents is 1. The van der Waals surface area contributed by atoms with Gasteiger partial charge in [0.25, 0.3) is 5.69 Å². The molecule has 0 aromatic heterocycles. The van der Waals surface area contributed by atoms with E-state index in [4.69, 9.17) is 5.26 Å². The Labute approximate surface area is 553 Å². The molecule has 0 bridgehead atoms. The van der Waals surface area contributed by atoms with E-state index in [0.717, 1.165) is 85.3 Å². The summed E-state index contributed by atoms with van der Waals surface area (Å²) in [5.74, 6) is 0. The maximum Gasteiger partial charge on any atom is 0.271 e. The Balaban J connectivity index is 0.000000154. The Hall–Kier alpha value is -12.2. The largest absolute Gasteiger partial charge is 0.345 e. The minimum absolute atomic E-state index is 0.0795. The highest BCUT2D eigenvalue weighted by Gasteiger charge is 2.18. The lowest BCUT2D eigenvalue weighted by Crippen LogP contribution is -2.12. The van der Waals surface area contributed by atoms with Crippen molar-refractivity contribution in [3.05, 3.63) is 346 Å². The van der Waals surface area contributed by atoms with Crippen LogP contribution in [0.5, 0.6) is 0 Å². The molecule has 0 aliphatic carbocycles. The zero-order chi connectivity index (χ0) is 66.3. The molecule has 12 rings (SSSR count). The third kappa shape index (κ3) is 16.0. The Bertz CT molecular complexity index is 4410. The van der Waals surface area contributed by atoms with Crippen LogP contribution in [0.4, 0.5) is 91.0 Å². The molecule has 0 spiro atoms. The molecule has 0 aliphatic rings. The van der Waals surface area contributed by atoms with Crippen LogP contribution in [-0.4, -0.2) is 26.1 Å². The van der Waals surface area contributed by atoms with Crippen molar-refractivity contribution < 1.29 is 4.92 Å². The lowest BCUT2D eigenvalue weighted by molar-refractivity contribution is -0.384. The first-order chi connectivity index (χ1) is 45.5. The predicted octanol–water partition coefficient (Wildman–Crippen LogP) is 22.3. The third-order valence-corrected chi connectivity index (χ3v) is 16.4. The molecule has 0 unspecified atom stereocenters. The van der Waals surface area contributed by atoms with Gasteiger partial charge in [0.1, 0.15) is 0 Å². The Morgan fingerprint density at radius 3 is 0.734 bits per heavy atom. The Morgan fingerprint density at radius 1 is 0.266 bits per heavy atom. The first kappa shape index (κ1) is 64.8. The first-order valence-corrected chi connectivity index (χ1v) is 31.1. The number of hydrogen-bond donors (Lipinski definition) is 0. The van der Waals surface area contributed by atoms with E-state index in [9.17, 15) is 15.4 Å². The van der Waals surface area contributed by atoms with Crippen LogP contribution in [0.3, 0.4) is 0 Å². The highest BCUT2D eigenvalue weighted by molar-refractivity contribution is 5.82. The summed E-state index contributed by atoms with van der Waals surface area (Å²) in [5, 5.41) is 29.3. The molecule has 94 heavy (non-hydrogen) atoms. The number of nitrogens with zero attached hydrogens (tertiary/aromatic N) is 9. The molecular formula is C83H75N9O2. The van der Waals surface area contributed by atoms with E-state index in [1.807, 2.05) is 92.8 Å². The standard InChI is InChI=1S/2C28H25N3.C27H25N3O2/c1-21-4-10-26(11-5-21)31(27-12-6-22(2)7-13-27)28-18-16-25(17-19-28)30(3)24-14-8-23(20-29)9-15-24;1-21-7-11-25(12-8-21)31(26-13-9-22(2)10-14-26)27-17-15-24(16-18-27)30(3)28-6-4-5-23(19-28)20-29;1-20-7-11-23(12-8-20)29(24-13-9-21(2)10-14-24)25-17-15-22(16-18-25)28(3)26-5-4-6-27(19-26)30(31)32/h2*4-19H,1-3H3;4-19H,1-3H3. The predicted molar refractivity (Wildman–Crippen MR) is 391 cm³/mol. The van der Waals surface area contributed by atoms with Gasteiger partial charge in [0.15, 0.2) is 0 Å². The maximum atomic E-state index is 11.1. The second-order valence-corrected chi connectivity index (χ2v) is 23.3. The van der Waals surface area contributed by atoms with Crippen molar-refractivity contribution in [3.8, 4) is 12.1 Å². The molecule has 0 aliphatic heterocycles. The minimum atomic E-state index is -0.374. The number of benzene rings is 12. The van der Waals surface area contributed by atoms with Gasteiger partial charge in [-0.05, 0) is 236 Å². The van der Waals surface area contributed by atoms with Crippen molar-refractivity contribution in [3.63, 3.8) is 0 Å². The van der Waals surface area contributed by atoms with Crippen LogP contribution >= 0.6 is 0 Å². The molecule has 0 saturated heterocycles. The fourth-order valence-corrected chi connectivity index (χ4v) is 10.8. The van der Waals surface area contributed by atoms with Gasteiger partial charge in [-0.15, -0.1) is 0 Å². The van der Waals surface area contributed by atoms with E-state index >= 15 is 0 Å². The summed E-state index contributed by atoms with van der Waals surface area (Å²) < 4.78 is 0. The van der Waals surface area contributed by atoms with Gasteiger partial charge in [-0.25, -0.2) is 0 Å². The lowest BCUT2D eigenvalue weighted by atomic mass is 10.1. The Kier molecular flexibility index (Phi) is 20.7. The topological polar surface area (TPSA) is 110 Å². The van der Waals surface area contributed by atoms with Gasteiger partial charge in [0.2, 0.25) is 0 Å². The fraction of sp³-hybridized carbons (Fsp3) is 0.108. The monoisotopic (exact) mass is 1230 g/mol. The molecule has 0 amide bonds. The zero-order valence-corrected chi connectivity index (χ0v) is 54.6. The third-order valence-electron chi connectivity index (χ3n) is 16.4. The second-order valence-electron chi connectivity index (χ2n) is 23.3. The van der Waals surface area contributed by atoms with Crippen LogP contribution in [0.15, 0.2) is 291 Å². The van der Waals surface area contributed by atoms with E-state index in [2.05, 4.69) is 284 Å². The number of aryl methyl sites for hydroxylation is 6. The van der Waals surface area contributed by atoms with E-state index in [-0.39, 0.29) is 10.6 Å². The van der Waals surface area contributed by atoms with Crippen molar-refractivity contribution in [1.82, 2.24) is 0 Å². The van der Waals surface area contributed by atoms with Gasteiger partial charge in [0, 0.05) is 119 Å². The lowest BCUT2D eigenvalue weighted by Gasteiger charge is -2.27. The molecule has 12 aromatic carbocycles. The quantitative estimate of drug-likeness (QED) is 0.0685. The fourth-order valence-electron chi connectivity index (χ4n) is 10.8. The molecule has 0 fully saturated rings. The van der Waals surface area contributed by atoms with Crippen molar-refractivity contribution in [2.75, 3.05) is 50.5 Å². The van der Waals surface area contributed by atoms with E-state index in [0.29, 0.717) is 11.1 Å². The molecule has 0 atom stereocenters. The van der Waals surface area contributed by atoms with Crippen molar-refractivity contribution >= 4 is 91.0 Å². The zero-order valence-electron chi connectivity index (χ0n) is 54.6. The molecular weight excluding hydrogens is 1150 g/mol. The van der Waals surface area contributed by atoms with Gasteiger partial charge < -0.3 is 29.4 Å². The summed E-state index contributed by atoms with van der Waals surface area (Å²) in [6, 6.07) is 103. The summed E-state index contributed by atoms with van der Waals surface area (Å²) in [6.45, 7) is 12.6. The van der Waals surface area contributed by atoms with E-state index < -0.39 is 0 Å². The number of nitro groups is 1. The smallest absolute Gasteiger partial charge is 0.271 e. The number of nitriles is 2. The number of non-ortho nitro benzene ring substituents is 1. The van der Waals surface area contributed by atoms with Crippen molar-refractivity contribution in [1.29, 1.82) is 10.5 Å². The Morgan fingerprint density at radius 2 is 0.479 bits per heavy atom. The normalized spacial score (nSPS) is 10.5. The first-order valence-electron chi connectivity index (χ1n) is 31.1. The van der Waals surface area contributed by atoms with Crippen LogP contribution in [0.1, 0.15) is 44.5 Å². The van der Waals surface area contributed by atoms with Gasteiger partial charge in [0.05, 0.1) is 28.2 Å². The highest BCUT2D eigenvalue weighted by atomic mass is 16.6. The second kappa shape index (κ2) is 30.1. The summed E-state index contributed by atoms with van der Waals surface area (Å²) >= 11 is 0. The molecule has 11 heteroatoms. The molecule has 0 N–H and O–H groups in total.